The van der Waals surface area contributed by atoms with Crippen molar-refractivity contribution in [1.29, 1.82) is 0 Å². The Balaban J connectivity index is 1.79. The molecule has 1 amide bonds. The molecule has 23 heavy (non-hydrogen) atoms. The fraction of sp³-hybridized carbons (Fsp3) is 0.167. The Morgan fingerprint density at radius 2 is 1.78 bits per heavy atom. The first-order valence-electron chi connectivity index (χ1n) is 7.32. The highest BCUT2D eigenvalue weighted by Gasteiger charge is 2.10. The van der Waals surface area contributed by atoms with Gasteiger partial charge in [0.15, 0.2) is 5.82 Å². The van der Waals surface area contributed by atoms with Gasteiger partial charge in [0, 0.05) is 16.8 Å². The summed E-state index contributed by atoms with van der Waals surface area (Å²) in [4.78, 5) is 16.5. The number of aryl methyl sites for hydroxylation is 3. The highest BCUT2D eigenvalue weighted by molar-refractivity contribution is 6.04. The molecule has 0 radical (unpaired) electrons. The second kappa shape index (κ2) is 6.04. The van der Waals surface area contributed by atoms with Crippen molar-refractivity contribution in [3.63, 3.8) is 0 Å². The van der Waals surface area contributed by atoms with E-state index in [4.69, 9.17) is 4.52 Å². The topological polar surface area (TPSA) is 68.0 Å². The lowest BCUT2D eigenvalue weighted by molar-refractivity contribution is 0.102. The van der Waals surface area contributed by atoms with E-state index in [0.717, 1.165) is 22.4 Å². The SMILES string of the molecule is Cc1ccc(C)c(NC(=O)c2ccc(-c3nc(C)no3)cc2)c1. The van der Waals surface area contributed by atoms with Gasteiger partial charge in [0.25, 0.3) is 11.8 Å². The van der Waals surface area contributed by atoms with E-state index in [1.807, 2.05) is 32.0 Å². The summed E-state index contributed by atoms with van der Waals surface area (Å²) in [5, 5.41) is 6.70. The monoisotopic (exact) mass is 307 g/mol. The number of benzene rings is 2. The van der Waals surface area contributed by atoms with Gasteiger partial charge in [-0.1, -0.05) is 17.3 Å². The van der Waals surface area contributed by atoms with E-state index in [1.54, 1.807) is 31.2 Å². The molecule has 0 aliphatic heterocycles. The first kappa shape index (κ1) is 15.0. The number of rotatable bonds is 3. The third kappa shape index (κ3) is 3.29. The van der Waals surface area contributed by atoms with Crippen LogP contribution in [-0.2, 0) is 0 Å². The molecule has 0 saturated heterocycles. The van der Waals surface area contributed by atoms with Gasteiger partial charge in [-0.15, -0.1) is 0 Å². The summed E-state index contributed by atoms with van der Waals surface area (Å²) in [6, 6.07) is 13.1. The summed E-state index contributed by atoms with van der Waals surface area (Å²) in [5.74, 6) is 0.882. The van der Waals surface area contributed by atoms with Crippen molar-refractivity contribution < 1.29 is 9.32 Å². The summed E-state index contributed by atoms with van der Waals surface area (Å²) in [6.45, 7) is 5.73. The molecule has 0 fully saturated rings. The van der Waals surface area contributed by atoms with Crippen LogP contribution in [-0.4, -0.2) is 16.0 Å². The van der Waals surface area contributed by atoms with E-state index in [0.29, 0.717) is 17.3 Å². The van der Waals surface area contributed by atoms with Crippen LogP contribution in [0.4, 0.5) is 5.69 Å². The van der Waals surface area contributed by atoms with Gasteiger partial charge in [0.1, 0.15) is 0 Å². The maximum Gasteiger partial charge on any atom is 0.257 e. The number of hydrogen-bond acceptors (Lipinski definition) is 4. The van der Waals surface area contributed by atoms with E-state index < -0.39 is 0 Å². The van der Waals surface area contributed by atoms with Crippen LogP contribution in [0.5, 0.6) is 0 Å². The van der Waals surface area contributed by atoms with E-state index in [-0.39, 0.29) is 5.91 Å². The average Bonchev–Trinajstić information content (AvgIpc) is 2.97. The normalized spacial score (nSPS) is 10.6. The van der Waals surface area contributed by atoms with Crippen molar-refractivity contribution >= 4 is 11.6 Å². The van der Waals surface area contributed by atoms with Crippen LogP contribution in [0.3, 0.4) is 0 Å². The second-order valence-corrected chi connectivity index (χ2v) is 5.50. The molecule has 1 aromatic heterocycles. The smallest absolute Gasteiger partial charge is 0.257 e. The standard InChI is InChI=1S/C18H17N3O2/c1-11-4-5-12(2)16(10-11)20-17(22)14-6-8-15(9-7-14)18-19-13(3)21-23-18/h4-10H,1-3H3,(H,20,22). The van der Waals surface area contributed by atoms with Gasteiger partial charge >= 0.3 is 0 Å². The Hall–Kier alpha value is -2.95. The van der Waals surface area contributed by atoms with Crippen LogP contribution in [0.1, 0.15) is 27.3 Å². The molecule has 0 unspecified atom stereocenters. The summed E-state index contributed by atoms with van der Waals surface area (Å²) < 4.78 is 5.11. The van der Waals surface area contributed by atoms with Crippen LogP contribution in [0.15, 0.2) is 47.0 Å². The van der Waals surface area contributed by atoms with Gasteiger partial charge in [-0.3, -0.25) is 4.79 Å². The molecule has 0 saturated carbocycles. The van der Waals surface area contributed by atoms with Crippen LogP contribution in [0, 0.1) is 20.8 Å². The lowest BCUT2D eigenvalue weighted by atomic mass is 10.1. The van der Waals surface area contributed by atoms with Crippen molar-refractivity contribution in [3.8, 4) is 11.5 Å². The molecule has 3 rings (SSSR count). The lowest BCUT2D eigenvalue weighted by Gasteiger charge is -2.09. The molecule has 0 aliphatic rings. The van der Waals surface area contributed by atoms with Crippen LogP contribution >= 0.6 is 0 Å². The van der Waals surface area contributed by atoms with Crippen molar-refractivity contribution in [3.05, 3.63) is 65.0 Å². The van der Waals surface area contributed by atoms with E-state index in [2.05, 4.69) is 15.5 Å². The molecule has 0 bridgehead atoms. The minimum Gasteiger partial charge on any atom is -0.334 e. The molecule has 0 spiro atoms. The predicted octanol–water partition coefficient (Wildman–Crippen LogP) is 3.91. The van der Waals surface area contributed by atoms with Gasteiger partial charge in [-0.05, 0) is 62.2 Å². The second-order valence-electron chi connectivity index (χ2n) is 5.50. The van der Waals surface area contributed by atoms with Crippen LogP contribution < -0.4 is 5.32 Å². The van der Waals surface area contributed by atoms with Crippen molar-refractivity contribution in [2.75, 3.05) is 5.32 Å². The molecule has 3 aromatic rings. The number of amides is 1. The molecule has 0 aliphatic carbocycles. The van der Waals surface area contributed by atoms with Gasteiger partial charge in [0.05, 0.1) is 0 Å². The van der Waals surface area contributed by atoms with Gasteiger partial charge in [0.2, 0.25) is 0 Å². The zero-order chi connectivity index (χ0) is 16.4. The molecular formula is C18H17N3O2. The number of hydrogen-bond donors (Lipinski definition) is 1. The fourth-order valence-corrected chi connectivity index (χ4v) is 2.24. The fourth-order valence-electron chi connectivity index (χ4n) is 2.24. The summed E-state index contributed by atoms with van der Waals surface area (Å²) in [5.41, 5.74) is 4.32. The third-order valence-corrected chi connectivity index (χ3v) is 3.56. The first-order chi connectivity index (χ1) is 11.0. The van der Waals surface area contributed by atoms with Crippen LogP contribution in [0.25, 0.3) is 11.5 Å². The highest BCUT2D eigenvalue weighted by atomic mass is 16.5. The third-order valence-electron chi connectivity index (χ3n) is 3.56. The summed E-state index contributed by atoms with van der Waals surface area (Å²) in [6.07, 6.45) is 0. The number of carbonyl (C=O) groups excluding carboxylic acids is 1. The summed E-state index contributed by atoms with van der Waals surface area (Å²) >= 11 is 0. The molecule has 5 nitrogen and oxygen atoms in total. The molecule has 1 N–H and O–H groups in total. The van der Waals surface area contributed by atoms with Crippen molar-refractivity contribution in [2.24, 2.45) is 0 Å². The zero-order valence-corrected chi connectivity index (χ0v) is 13.3. The Labute approximate surface area is 134 Å². The number of anilines is 1. The number of carbonyl (C=O) groups is 1. The van der Waals surface area contributed by atoms with Gasteiger partial charge < -0.3 is 9.84 Å². The average molecular weight is 307 g/mol. The van der Waals surface area contributed by atoms with Gasteiger partial charge in [-0.25, -0.2) is 0 Å². The summed E-state index contributed by atoms with van der Waals surface area (Å²) in [7, 11) is 0. The quantitative estimate of drug-likeness (QED) is 0.796. The molecule has 0 atom stereocenters. The molecule has 2 aromatic carbocycles. The van der Waals surface area contributed by atoms with Crippen LogP contribution in [0.2, 0.25) is 0 Å². The van der Waals surface area contributed by atoms with E-state index >= 15 is 0 Å². The molecular weight excluding hydrogens is 290 g/mol. The van der Waals surface area contributed by atoms with Crippen molar-refractivity contribution in [2.45, 2.75) is 20.8 Å². The molecule has 1 heterocycles. The molecule has 5 heteroatoms. The number of aromatic nitrogens is 2. The minimum absolute atomic E-state index is 0.146. The number of nitrogens with zero attached hydrogens (tertiary/aromatic N) is 2. The Bertz CT molecular complexity index is 851. The van der Waals surface area contributed by atoms with E-state index in [9.17, 15) is 4.79 Å². The molecule has 116 valence electrons. The Morgan fingerprint density at radius 3 is 2.43 bits per heavy atom. The lowest BCUT2D eigenvalue weighted by Crippen LogP contribution is -2.12. The van der Waals surface area contributed by atoms with Gasteiger partial charge in [-0.2, -0.15) is 4.98 Å². The maximum atomic E-state index is 12.4. The largest absolute Gasteiger partial charge is 0.334 e. The van der Waals surface area contributed by atoms with E-state index in [1.165, 1.54) is 0 Å². The number of nitrogens with one attached hydrogen (secondary N) is 1. The van der Waals surface area contributed by atoms with Crippen molar-refractivity contribution in [1.82, 2.24) is 10.1 Å². The first-order valence-corrected chi connectivity index (χ1v) is 7.32. The predicted molar refractivity (Wildman–Crippen MR) is 88.3 cm³/mol. The zero-order valence-electron chi connectivity index (χ0n) is 13.3. The minimum atomic E-state index is -0.146. The Morgan fingerprint density at radius 1 is 1.04 bits per heavy atom. The maximum absolute atomic E-state index is 12.4. The highest BCUT2D eigenvalue weighted by Crippen LogP contribution is 2.20. The Kier molecular flexibility index (Phi) is 3.93.